The molecule has 2 aromatic heterocycles. The summed E-state index contributed by atoms with van der Waals surface area (Å²) in [7, 11) is 0. The maximum absolute atomic E-state index is 14.4. The van der Waals surface area contributed by atoms with Crippen LogP contribution in [0.3, 0.4) is 0 Å². The topological polar surface area (TPSA) is 109 Å². The molecule has 0 amide bonds. The first-order chi connectivity index (χ1) is 14.2. The summed E-state index contributed by atoms with van der Waals surface area (Å²) < 4.78 is 25.0. The Morgan fingerprint density at radius 1 is 1.30 bits per heavy atom. The number of hydrogen-bond acceptors (Lipinski definition) is 9. The van der Waals surface area contributed by atoms with Crippen LogP contribution in [0.1, 0.15) is 32.7 Å². The maximum Gasteiger partial charge on any atom is 0.249 e. The molecule has 1 aliphatic heterocycles. The Morgan fingerprint density at radius 3 is 2.70 bits per heavy atom. The zero-order chi connectivity index (χ0) is 21.5. The Labute approximate surface area is 176 Å². The molecule has 158 valence electrons. The molecule has 9 nitrogen and oxygen atoms in total. The van der Waals surface area contributed by atoms with Gasteiger partial charge in [-0.3, -0.25) is 4.90 Å². The zero-order valence-corrected chi connectivity index (χ0v) is 17.3. The lowest BCUT2D eigenvalue weighted by atomic mass is 10.1. The molecule has 0 saturated carbocycles. The first-order valence-corrected chi connectivity index (χ1v) is 9.60. The second kappa shape index (κ2) is 7.78. The highest BCUT2D eigenvalue weighted by Gasteiger charge is 2.42. The van der Waals surface area contributed by atoms with Crippen molar-refractivity contribution < 1.29 is 18.8 Å². The van der Waals surface area contributed by atoms with E-state index in [1.807, 2.05) is 13.8 Å². The highest BCUT2D eigenvalue weighted by molar-refractivity contribution is 6.30. The second-order valence-corrected chi connectivity index (χ2v) is 7.95. The normalized spacial score (nSPS) is 19.1. The van der Waals surface area contributed by atoms with Crippen LogP contribution in [0.5, 0.6) is 0 Å². The molecule has 0 bridgehead atoms. The van der Waals surface area contributed by atoms with Crippen LogP contribution in [0.15, 0.2) is 35.0 Å². The Hall–Kier alpha value is -2.82. The number of aromatic nitrogens is 4. The Bertz CT molecular complexity index is 1050. The quantitative estimate of drug-likeness (QED) is 0.624. The predicted molar refractivity (Wildman–Crippen MR) is 107 cm³/mol. The van der Waals surface area contributed by atoms with Crippen LogP contribution in [0.25, 0.3) is 11.4 Å². The smallest absolute Gasteiger partial charge is 0.249 e. The van der Waals surface area contributed by atoms with Crippen LogP contribution in [-0.4, -0.2) is 43.8 Å². The monoisotopic (exact) mass is 434 g/mol. The van der Waals surface area contributed by atoms with Crippen LogP contribution >= 0.6 is 11.6 Å². The number of nitrogens with one attached hydrogen (secondary N) is 1. The van der Waals surface area contributed by atoms with Crippen LogP contribution < -0.4 is 10.2 Å². The molecule has 1 saturated heterocycles. The lowest BCUT2D eigenvalue weighted by Gasteiger charge is -2.32. The first kappa shape index (κ1) is 20.5. The summed E-state index contributed by atoms with van der Waals surface area (Å²) in [4.78, 5) is 13.9. The minimum Gasteiger partial charge on any atom is -0.351 e. The Balaban J connectivity index is 1.54. The number of aliphatic hydroxyl groups excluding tert-OH is 1. The van der Waals surface area contributed by atoms with Crippen molar-refractivity contribution in [3.63, 3.8) is 0 Å². The summed E-state index contributed by atoms with van der Waals surface area (Å²) in [6.07, 6.45) is -0.265. The van der Waals surface area contributed by atoms with Gasteiger partial charge < -0.3 is 19.7 Å². The molecule has 1 unspecified atom stereocenters. The van der Waals surface area contributed by atoms with Gasteiger partial charge in [0.15, 0.2) is 11.6 Å². The first-order valence-electron chi connectivity index (χ1n) is 9.22. The molecule has 0 aliphatic carbocycles. The molecule has 3 aromatic rings. The molecule has 0 spiro atoms. The molecule has 1 aliphatic rings. The third kappa shape index (κ3) is 3.93. The summed E-state index contributed by atoms with van der Waals surface area (Å²) in [5.41, 5.74) is 0.115. The summed E-state index contributed by atoms with van der Waals surface area (Å²) in [6.45, 7) is 5.64. The van der Waals surface area contributed by atoms with E-state index in [1.54, 1.807) is 31.2 Å². The number of anilines is 2. The molecule has 3 heterocycles. The van der Waals surface area contributed by atoms with Gasteiger partial charge in [-0.25, -0.2) is 9.37 Å². The summed E-state index contributed by atoms with van der Waals surface area (Å²) in [5.74, 6) is 0.116. The largest absolute Gasteiger partial charge is 0.351 e. The van der Waals surface area contributed by atoms with Gasteiger partial charge in [0.25, 0.3) is 0 Å². The highest BCUT2D eigenvalue weighted by atomic mass is 35.5. The van der Waals surface area contributed by atoms with Gasteiger partial charge in [0.1, 0.15) is 6.04 Å². The average Bonchev–Trinajstić information content (AvgIpc) is 3.29. The number of rotatable bonds is 5. The number of hydrogen-bond donors (Lipinski definition) is 2. The van der Waals surface area contributed by atoms with Gasteiger partial charge in [-0.15, -0.1) is 0 Å². The summed E-state index contributed by atoms with van der Waals surface area (Å²) >= 11 is 5.90. The van der Waals surface area contributed by atoms with Crippen molar-refractivity contribution in [1.29, 1.82) is 0 Å². The highest BCUT2D eigenvalue weighted by Crippen LogP contribution is 2.33. The van der Waals surface area contributed by atoms with E-state index in [2.05, 4.69) is 25.4 Å². The molecule has 30 heavy (non-hydrogen) atoms. The van der Waals surface area contributed by atoms with E-state index in [0.717, 1.165) is 11.8 Å². The van der Waals surface area contributed by atoms with Gasteiger partial charge in [0.05, 0.1) is 18.3 Å². The van der Waals surface area contributed by atoms with Crippen LogP contribution in [0, 0.1) is 5.82 Å². The molecular weight excluding hydrogens is 415 g/mol. The van der Waals surface area contributed by atoms with Gasteiger partial charge in [0, 0.05) is 10.6 Å². The fourth-order valence-corrected chi connectivity index (χ4v) is 3.22. The van der Waals surface area contributed by atoms with E-state index in [9.17, 15) is 9.50 Å². The number of benzene rings is 1. The fourth-order valence-electron chi connectivity index (χ4n) is 3.09. The second-order valence-electron chi connectivity index (χ2n) is 7.51. The van der Waals surface area contributed by atoms with Gasteiger partial charge in [-0.2, -0.15) is 9.97 Å². The molecule has 1 aromatic carbocycles. The van der Waals surface area contributed by atoms with Crippen molar-refractivity contribution in [2.24, 2.45) is 0 Å². The fraction of sp³-hybridized carbons (Fsp3) is 0.368. The molecule has 4 rings (SSSR count). The Kier molecular flexibility index (Phi) is 5.31. The van der Waals surface area contributed by atoms with Gasteiger partial charge >= 0.3 is 0 Å². The molecular formula is C19H20ClFN6O3. The average molecular weight is 435 g/mol. The van der Waals surface area contributed by atoms with E-state index in [4.69, 9.17) is 20.9 Å². The maximum atomic E-state index is 14.4. The molecule has 1 fully saturated rings. The summed E-state index contributed by atoms with van der Waals surface area (Å²) in [5, 5.41) is 17.7. The lowest BCUT2D eigenvalue weighted by molar-refractivity contribution is -0.0582. The van der Waals surface area contributed by atoms with E-state index in [0.29, 0.717) is 16.7 Å². The van der Waals surface area contributed by atoms with Crippen molar-refractivity contribution in [3.8, 4) is 11.4 Å². The predicted octanol–water partition coefficient (Wildman–Crippen LogP) is 3.38. The van der Waals surface area contributed by atoms with E-state index < -0.39 is 23.8 Å². The number of aliphatic hydroxyl groups is 1. The molecule has 0 radical (unpaired) electrons. The van der Waals surface area contributed by atoms with E-state index in [1.165, 1.54) is 4.90 Å². The number of ether oxygens (including phenoxy) is 1. The standard InChI is InChI=1S/C19H20ClFN6O3/c1-10(16-24-14(26-30-16)11-4-6-12(20)7-5-11)23-17-22-8-13(21)15(25-17)27-18(28)29-9-19(27,2)3/h4-8,10,18,28H,9H2,1-3H3,(H,22,23,25)/t10-,18?/m0/s1. The lowest BCUT2D eigenvalue weighted by Crippen LogP contribution is -2.45. The third-order valence-corrected chi connectivity index (χ3v) is 4.92. The van der Waals surface area contributed by atoms with Crippen molar-refractivity contribution in [3.05, 3.63) is 47.2 Å². The number of halogens is 2. The van der Waals surface area contributed by atoms with Crippen molar-refractivity contribution in [1.82, 2.24) is 20.1 Å². The molecule has 2 N–H and O–H groups in total. The van der Waals surface area contributed by atoms with E-state index in [-0.39, 0.29) is 18.4 Å². The third-order valence-electron chi connectivity index (χ3n) is 4.67. The van der Waals surface area contributed by atoms with Gasteiger partial charge in [-0.05, 0) is 45.0 Å². The van der Waals surface area contributed by atoms with E-state index >= 15 is 0 Å². The molecule has 11 heteroatoms. The summed E-state index contributed by atoms with van der Waals surface area (Å²) in [6, 6.07) is 6.59. The van der Waals surface area contributed by atoms with Gasteiger partial charge in [0.2, 0.25) is 24.1 Å². The van der Waals surface area contributed by atoms with Crippen LogP contribution in [-0.2, 0) is 4.74 Å². The van der Waals surface area contributed by atoms with Crippen molar-refractivity contribution in [2.75, 3.05) is 16.8 Å². The number of nitrogens with zero attached hydrogens (tertiary/aromatic N) is 5. The van der Waals surface area contributed by atoms with Crippen LogP contribution in [0.2, 0.25) is 5.02 Å². The van der Waals surface area contributed by atoms with Crippen molar-refractivity contribution in [2.45, 2.75) is 38.8 Å². The van der Waals surface area contributed by atoms with Gasteiger partial charge in [-0.1, -0.05) is 16.8 Å². The zero-order valence-electron chi connectivity index (χ0n) is 16.5. The Morgan fingerprint density at radius 2 is 2.03 bits per heavy atom. The SMILES string of the molecule is C[C@H](Nc1ncc(F)c(N2C(O)OCC2(C)C)n1)c1nc(-c2ccc(Cl)cc2)no1. The van der Waals surface area contributed by atoms with Crippen LogP contribution in [0.4, 0.5) is 16.2 Å². The minimum absolute atomic E-state index is 0.0675. The van der Waals surface area contributed by atoms with Crippen molar-refractivity contribution >= 4 is 23.4 Å². The molecule has 2 atom stereocenters. The minimum atomic E-state index is -1.30.